The molecule has 0 saturated carbocycles. The third-order valence-corrected chi connectivity index (χ3v) is 3.57. The van der Waals surface area contributed by atoms with Crippen molar-refractivity contribution in [3.63, 3.8) is 0 Å². The van der Waals surface area contributed by atoms with E-state index in [2.05, 4.69) is 42.7 Å². The van der Waals surface area contributed by atoms with Crippen LogP contribution in [0.25, 0.3) is 0 Å². The van der Waals surface area contributed by atoms with Gasteiger partial charge in [0, 0.05) is 6.21 Å². The number of aromatic nitrogens is 2. The molecule has 2 N–H and O–H groups in total. The zero-order valence-electron chi connectivity index (χ0n) is 12.7. The van der Waals surface area contributed by atoms with Gasteiger partial charge in [0.25, 0.3) is 0 Å². The quantitative estimate of drug-likeness (QED) is 0.793. The fraction of sp³-hybridized carbons (Fsp3) is 0.667. The maximum Gasteiger partial charge on any atom is 0.153 e. The summed E-state index contributed by atoms with van der Waals surface area (Å²) in [6.45, 7) is 10.9. The van der Waals surface area contributed by atoms with E-state index < -0.39 is 0 Å². The minimum atomic E-state index is 0.428. The summed E-state index contributed by atoms with van der Waals surface area (Å²) in [5.74, 6) is 2.26. The summed E-state index contributed by atoms with van der Waals surface area (Å²) < 4.78 is 0. The number of anilines is 1. The summed E-state index contributed by atoms with van der Waals surface area (Å²) in [4.78, 5) is 12.6. The normalized spacial score (nSPS) is 15.1. The highest BCUT2D eigenvalue weighted by Gasteiger charge is 2.11. The largest absolute Gasteiger partial charge is 0.382 e. The van der Waals surface area contributed by atoms with Crippen LogP contribution in [0.2, 0.25) is 0 Å². The first kappa shape index (κ1) is 15.6. The van der Waals surface area contributed by atoms with Crippen molar-refractivity contribution < 1.29 is 0 Å². The topological polar surface area (TPSA) is 64.2 Å². The highest BCUT2D eigenvalue weighted by molar-refractivity contribution is 5.71. The van der Waals surface area contributed by atoms with E-state index in [1.165, 1.54) is 19.2 Å². The molecular formula is C15H26N4. The van der Waals surface area contributed by atoms with E-state index in [0.29, 0.717) is 23.3 Å². The summed E-state index contributed by atoms with van der Waals surface area (Å²) in [5, 5.41) is 0. The second-order valence-corrected chi connectivity index (χ2v) is 5.78. The summed E-state index contributed by atoms with van der Waals surface area (Å²) in [5.41, 5.74) is 7.34. The molecule has 2 atom stereocenters. The Kier molecular flexibility index (Phi) is 5.93. The maximum atomic E-state index is 5.82. The van der Waals surface area contributed by atoms with Crippen molar-refractivity contribution in [2.24, 2.45) is 22.7 Å². The van der Waals surface area contributed by atoms with E-state index in [-0.39, 0.29) is 0 Å². The van der Waals surface area contributed by atoms with E-state index in [0.717, 1.165) is 11.6 Å². The maximum absolute atomic E-state index is 5.82. The number of nitrogen functional groups attached to an aromatic ring is 1. The zero-order chi connectivity index (χ0) is 14.4. The molecule has 0 aliphatic rings. The van der Waals surface area contributed by atoms with Crippen molar-refractivity contribution in [2.45, 2.75) is 47.5 Å². The SMILES string of the molecule is Cc1ncnc(N)c1N=CC(C)C(C)CCC(C)C. The molecule has 0 amide bonds. The van der Waals surface area contributed by atoms with Crippen LogP contribution in [0.4, 0.5) is 11.5 Å². The molecule has 19 heavy (non-hydrogen) atoms. The lowest BCUT2D eigenvalue weighted by atomic mass is 9.90. The Morgan fingerprint density at radius 3 is 2.47 bits per heavy atom. The molecule has 0 aliphatic heterocycles. The fourth-order valence-corrected chi connectivity index (χ4v) is 1.84. The Hall–Kier alpha value is -1.45. The second kappa shape index (κ2) is 7.22. The van der Waals surface area contributed by atoms with Crippen molar-refractivity contribution in [1.82, 2.24) is 9.97 Å². The molecule has 0 fully saturated rings. The Morgan fingerprint density at radius 2 is 1.89 bits per heavy atom. The van der Waals surface area contributed by atoms with Gasteiger partial charge in [-0.25, -0.2) is 9.97 Å². The van der Waals surface area contributed by atoms with Gasteiger partial charge in [-0.2, -0.15) is 0 Å². The van der Waals surface area contributed by atoms with Crippen LogP contribution in [0.1, 0.15) is 46.2 Å². The molecule has 4 nitrogen and oxygen atoms in total. The van der Waals surface area contributed by atoms with Crippen LogP contribution in [-0.4, -0.2) is 16.2 Å². The Labute approximate surface area is 116 Å². The second-order valence-electron chi connectivity index (χ2n) is 5.78. The molecule has 1 heterocycles. The minimum Gasteiger partial charge on any atom is -0.382 e. The summed E-state index contributed by atoms with van der Waals surface area (Å²) in [7, 11) is 0. The summed E-state index contributed by atoms with van der Waals surface area (Å²) in [6.07, 6.45) is 5.94. The molecule has 0 bridgehead atoms. The van der Waals surface area contributed by atoms with Crippen LogP contribution in [-0.2, 0) is 0 Å². The molecule has 0 radical (unpaired) electrons. The lowest BCUT2D eigenvalue weighted by molar-refractivity contribution is 0.403. The number of nitrogens with zero attached hydrogens (tertiary/aromatic N) is 3. The van der Waals surface area contributed by atoms with Gasteiger partial charge in [0.1, 0.15) is 12.0 Å². The molecule has 1 aromatic heterocycles. The van der Waals surface area contributed by atoms with Gasteiger partial charge in [-0.3, -0.25) is 4.99 Å². The van der Waals surface area contributed by atoms with Crippen molar-refractivity contribution in [1.29, 1.82) is 0 Å². The van der Waals surface area contributed by atoms with Gasteiger partial charge in [-0.05, 0) is 31.1 Å². The van der Waals surface area contributed by atoms with Gasteiger partial charge in [0.05, 0.1) is 5.69 Å². The standard InChI is InChI=1S/C15H26N4/c1-10(2)6-7-11(3)12(4)8-17-14-13(5)18-9-19-15(14)16/h8-12H,6-7H2,1-5H3,(H2,16,18,19). The van der Waals surface area contributed by atoms with Crippen LogP contribution >= 0.6 is 0 Å². The van der Waals surface area contributed by atoms with Crippen LogP contribution in [0, 0.1) is 24.7 Å². The van der Waals surface area contributed by atoms with E-state index in [1.807, 2.05) is 13.1 Å². The number of hydrogen-bond acceptors (Lipinski definition) is 4. The predicted octanol–water partition coefficient (Wildman–Crippen LogP) is 3.78. The van der Waals surface area contributed by atoms with Crippen LogP contribution < -0.4 is 5.73 Å². The average molecular weight is 262 g/mol. The number of rotatable bonds is 6. The molecule has 0 aromatic carbocycles. The number of nitrogens with two attached hydrogens (primary N) is 1. The van der Waals surface area contributed by atoms with E-state index in [4.69, 9.17) is 5.73 Å². The lowest BCUT2D eigenvalue weighted by Crippen LogP contribution is -2.10. The molecular weight excluding hydrogens is 236 g/mol. The predicted molar refractivity (Wildman–Crippen MR) is 81.7 cm³/mol. The molecule has 1 aromatic rings. The van der Waals surface area contributed by atoms with Crippen molar-refractivity contribution >= 4 is 17.7 Å². The molecule has 0 aliphatic carbocycles. The fourth-order valence-electron chi connectivity index (χ4n) is 1.84. The van der Waals surface area contributed by atoms with E-state index in [9.17, 15) is 0 Å². The van der Waals surface area contributed by atoms with Crippen molar-refractivity contribution in [2.75, 3.05) is 5.73 Å². The number of aryl methyl sites for hydroxylation is 1. The molecule has 106 valence electrons. The summed E-state index contributed by atoms with van der Waals surface area (Å²) >= 11 is 0. The van der Waals surface area contributed by atoms with Gasteiger partial charge < -0.3 is 5.73 Å². The van der Waals surface area contributed by atoms with E-state index >= 15 is 0 Å². The first-order valence-corrected chi connectivity index (χ1v) is 7.03. The molecule has 0 saturated heterocycles. The first-order valence-electron chi connectivity index (χ1n) is 7.03. The van der Waals surface area contributed by atoms with Gasteiger partial charge >= 0.3 is 0 Å². The zero-order valence-corrected chi connectivity index (χ0v) is 12.7. The summed E-state index contributed by atoms with van der Waals surface area (Å²) in [6, 6.07) is 0. The third-order valence-electron chi connectivity index (χ3n) is 3.57. The van der Waals surface area contributed by atoms with Crippen LogP contribution in [0.15, 0.2) is 11.3 Å². The average Bonchev–Trinajstić information content (AvgIpc) is 2.35. The lowest BCUT2D eigenvalue weighted by Gasteiger charge is -2.17. The van der Waals surface area contributed by atoms with Gasteiger partial charge in [-0.15, -0.1) is 0 Å². The Balaban J connectivity index is 2.65. The molecule has 4 heteroatoms. The molecule has 1 rings (SSSR count). The Bertz CT molecular complexity index is 406. The van der Waals surface area contributed by atoms with E-state index in [1.54, 1.807) is 0 Å². The van der Waals surface area contributed by atoms with Gasteiger partial charge in [0.15, 0.2) is 5.82 Å². The van der Waals surface area contributed by atoms with Gasteiger partial charge in [-0.1, -0.05) is 34.1 Å². The highest BCUT2D eigenvalue weighted by atomic mass is 15.0. The van der Waals surface area contributed by atoms with Crippen LogP contribution in [0.3, 0.4) is 0 Å². The number of hydrogen-bond donors (Lipinski definition) is 1. The smallest absolute Gasteiger partial charge is 0.153 e. The van der Waals surface area contributed by atoms with Crippen molar-refractivity contribution in [3.8, 4) is 0 Å². The monoisotopic (exact) mass is 262 g/mol. The Morgan fingerprint density at radius 1 is 1.21 bits per heavy atom. The third kappa shape index (κ3) is 4.97. The first-order chi connectivity index (χ1) is 8.91. The minimum absolute atomic E-state index is 0.428. The molecule has 0 spiro atoms. The van der Waals surface area contributed by atoms with Crippen LogP contribution in [0.5, 0.6) is 0 Å². The highest BCUT2D eigenvalue weighted by Crippen LogP contribution is 2.23. The molecule has 2 unspecified atom stereocenters. The van der Waals surface area contributed by atoms with Gasteiger partial charge in [0.2, 0.25) is 0 Å². The van der Waals surface area contributed by atoms with Crippen molar-refractivity contribution in [3.05, 3.63) is 12.0 Å². The number of aliphatic imine (C=N–C) groups is 1.